The number of pyridine rings is 1. The second-order valence-electron chi connectivity index (χ2n) is 5.53. The van der Waals surface area contributed by atoms with Crippen molar-refractivity contribution in [3.63, 3.8) is 0 Å². The average molecular weight is 319 g/mol. The summed E-state index contributed by atoms with van der Waals surface area (Å²) in [5.74, 6) is -0.232. The summed E-state index contributed by atoms with van der Waals surface area (Å²) in [6, 6.07) is 14.4. The Bertz CT molecular complexity index is 948. The van der Waals surface area contributed by atoms with Crippen LogP contribution in [0.15, 0.2) is 53.6 Å². The zero-order valence-corrected chi connectivity index (χ0v) is 13.4. The fraction of sp³-hybridized carbons (Fsp3) is 0.105. The highest BCUT2D eigenvalue weighted by Crippen LogP contribution is 2.19. The van der Waals surface area contributed by atoms with E-state index in [1.807, 2.05) is 31.2 Å². The molecule has 1 aromatic heterocycles. The third-order valence-electron chi connectivity index (χ3n) is 3.79. The molecule has 0 aliphatic carbocycles. The first-order valence-corrected chi connectivity index (χ1v) is 7.54. The van der Waals surface area contributed by atoms with Crippen LogP contribution in [0.1, 0.15) is 27.2 Å². The van der Waals surface area contributed by atoms with Gasteiger partial charge in [0.15, 0.2) is 0 Å². The standard InChI is InChI=1S/C19H17N3O2/c1-12-6-5-8-14-10-16(13(2)21-18(12)14)19(24)22-20-11-15-7-3-4-9-17(15)23/h3-11,23H,1-2H3,(H,22,24)/b20-11-. The highest BCUT2D eigenvalue weighted by atomic mass is 16.3. The first kappa shape index (κ1) is 15.7. The van der Waals surface area contributed by atoms with Gasteiger partial charge in [-0.25, -0.2) is 5.43 Å². The molecule has 120 valence electrons. The van der Waals surface area contributed by atoms with Crippen molar-refractivity contribution in [1.29, 1.82) is 0 Å². The number of phenolic OH excluding ortho intramolecular Hbond substituents is 1. The van der Waals surface area contributed by atoms with Gasteiger partial charge in [0, 0.05) is 10.9 Å². The smallest absolute Gasteiger partial charge is 0.273 e. The molecule has 3 aromatic rings. The van der Waals surface area contributed by atoms with Gasteiger partial charge in [-0.15, -0.1) is 0 Å². The number of carbonyl (C=O) groups excluding carboxylic acids is 1. The predicted octanol–water partition coefficient (Wildman–Crippen LogP) is 3.32. The number of aromatic hydroxyl groups is 1. The van der Waals surface area contributed by atoms with E-state index in [0.29, 0.717) is 16.8 Å². The summed E-state index contributed by atoms with van der Waals surface area (Å²) in [7, 11) is 0. The first-order valence-electron chi connectivity index (χ1n) is 7.54. The fourth-order valence-electron chi connectivity index (χ4n) is 2.49. The zero-order valence-electron chi connectivity index (χ0n) is 13.4. The van der Waals surface area contributed by atoms with Crippen molar-refractivity contribution < 1.29 is 9.90 Å². The number of aryl methyl sites for hydroxylation is 2. The number of phenols is 1. The fourth-order valence-corrected chi connectivity index (χ4v) is 2.49. The zero-order chi connectivity index (χ0) is 17.1. The van der Waals surface area contributed by atoms with Crippen LogP contribution < -0.4 is 5.43 Å². The highest BCUT2D eigenvalue weighted by Gasteiger charge is 2.11. The summed E-state index contributed by atoms with van der Waals surface area (Å²) < 4.78 is 0. The van der Waals surface area contributed by atoms with Gasteiger partial charge in [-0.05, 0) is 37.6 Å². The molecule has 0 saturated carbocycles. The van der Waals surface area contributed by atoms with Crippen molar-refractivity contribution in [2.24, 2.45) is 5.10 Å². The number of hydrogen-bond acceptors (Lipinski definition) is 4. The third-order valence-corrected chi connectivity index (χ3v) is 3.79. The van der Waals surface area contributed by atoms with Crippen LogP contribution in [0.5, 0.6) is 5.75 Å². The van der Waals surface area contributed by atoms with E-state index in [4.69, 9.17) is 0 Å². The minimum atomic E-state index is -0.338. The molecule has 24 heavy (non-hydrogen) atoms. The largest absolute Gasteiger partial charge is 0.507 e. The molecule has 5 nitrogen and oxygen atoms in total. The maximum atomic E-state index is 12.3. The summed E-state index contributed by atoms with van der Waals surface area (Å²) in [5.41, 5.74) is 6.09. The van der Waals surface area contributed by atoms with Crippen LogP contribution in [-0.4, -0.2) is 22.2 Å². The minimum absolute atomic E-state index is 0.106. The van der Waals surface area contributed by atoms with Gasteiger partial charge in [-0.3, -0.25) is 9.78 Å². The first-order chi connectivity index (χ1) is 11.6. The number of carbonyl (C=O) groups is 1. The Balaban J connectivity index is 1.84. The lowest BCUT2D eigenvalue weighted by Crippen LogP contribution is -2.19. The molecular weight excluding hydrogens is 302 g/mol. The molecule has 1 heterocycles. The van der Waals surface area contributed by atoms with E-state index in [0.717, 1.165) is 16.5 Å². The van der Waals surface area contributed by atoms with E-state index < -0.39 is 0 Å². The second kappa shape index (κ2) is 6.50. The molecule has 0 saturated heterocycles. The summed E-state index contributed by atoms with van der Waals surface area (Å²) in [6.45, 7) is 3.79. The molecule has 2 N–H and O–H groups in total. The van der Waals surface area contributed by atoms with Gasteiger partial charge < -0.3 is 5.11 Å². The lowest BCUT2D eigenvalue weighted by Gasteiger charge is -2.07. The minimum Gasteiger partial charge on any atom is -0.507 e. The molecule has 0 bridgehead atoms. The number of hydrogen-bond donors (Lipinski definition) is 2. The van der Waals surface area contributed by atoms with Crippen LogP contribution in [0.25, 0.3) is 10.9 Å². The molecule has 5 heteroatoms. The van der Waals surface area contributed by atoms with Crippen molar-refractivity contribution in [3.8, 4) is 5.75 Å². The number of hydrazone groups is 1. The van der Waals surface area contributed by atoms with Gasteiger partial charge in [-0.1, -0.05) is 30.3 Å². The van der Waals surface area contributed by atoms with E-state index in [2.05, 4.69) is 15.5 Å². The molecule has 1 amide bonds. The lowest BCUT2D eigenvalue weighted by atomic mass is 10.1. The molecule has 0 radical (unpaired) electrons. The molecular formula is C19H17N3O2. The van der Waals surface area contributed by atoms with Crippen LogP contribution in [0, 0.1) is 13.8 Å². The second-order valence-corrected chi connectivity index (χ2v) is 5.53. The maximum absolute atomic E-state index is 12.3. The Morgan fingerprint density at radius 1 is 1.17 bits per heavy atom. The Hall–Kier alpha value is -3.21. The summed E-state index contributed by atoms with van der Waals surface area (Å²) in [5, 5.41) is 14.5. The van der Waals surface area contributed by atoms with Gasteiger partial charge >= 0.3 is 0 Å². The molecule has 0 unspecified atom stereocenters. The van der Waals surface area contributed by atoms with Crippen LogP contribution in [0.4, 0.5) is 0 Å². The number of nitrogens with zero attached hydrogens (tertiary/aromatic N) is 2. The summed E-state index contributed by atoms with van der Waals surface area (Å²) in [6.07, 6.45) is 1.40. The van der Waals surface area contributed by atoms with Crippen LogP contribution in [0.2, 0.25) is 0 Å². The van der Waals surface area contributed by atoms with Crippen molar-refractivity contribution in [3.05, 3.63) is 70.9 Å². The van der Waals surface area contributed by atoms with Crippen molar-refractivity contribution >= 4 is 23.0 Å². The van der Waals surface area contributed by atoms with E-state index in [1.165, 1.54) is 6.21 Å². The molecule has 0 aliphatic heterocycles. The van der Waals surface area contributed by atoms with Gasteiger partial charge in [0.1, 0.15) is 5.75 Å². The Morgan fingerprint density at radius 3 is 2.75 bits per heavy atom. The molecule has 0 aliphatic rings. The molecule has 0 atom stereocenters. The Morgan fingerprint density at radius 2 is 1.96 bits per heavy atom. The quantitative estimate of drug-likeness (QED) is 0.574. The number of fused-ring (bicyclic) bond motifs is 1. The number of benzene rings is 2. The number of rotatable bonds is 3. The number of para-hydroxylation sites is 2. The summed E-state index contributed by atoms with van der Waals surface area (Å²) >= 11 is 0. The maximum Gasteiger partial charge on any atom is 0.273 e. The van der Waals surface area contributed by atoms with Gasteiger partial charge in [-0.2, -0.15) is 5.10 Å². The Kier molecular flexibility index (Phi) is 4.24. The van der Waals surface area contributed by atoms with E-state index in [9.17, 15) is 9.90 Å². The van der Waals surface area contributed by atoms with Gasteiger partial charge in [0.2, 0.25) is 0 Å². The van der Waals surface area contributed by atoms with Crippen molar-refractivity contribution in [1.82, 2.24) is 10.4 Å². The number of aromatic nitrogens is 1. The monoisotopic (exact) mass is 319 g/mol. The number of nitrogens with one attached hydrogen (secondary N) is 1. The molecule has 2 aromatic carbocycles. The SMILES string of the molecule is Cc1nc2c(C)cccc2cc1C(=O)N/N=C\c1ccccc1O. The van der Waals surface area contributed by atoms with Crippen molar-refractivity contribution in [2.75, 3.05) is 0 Å². The van der Waals surface area contributed by atoms with E-state index in [-0.39, 0.29) is 11.7 Å². The lowest BCUT2D eigenvalue weighted by molar-refractivity contribution is 0.0954. The molecule has 0 fully saturated rings. The van der Waals surface area contributed by atoms with Crippen LogP contribution in [-0.2, 0) is 0 Å². The van der Waals surface area contributed by atoms with E-state index in [1.54, 1.807) is 31.2 Å². The van der Waals surface area contributed by atoms with Crippen molar-refractivity contribution in [2.45, 2.75) is 13.8 Å². The third kappa shape index (κ3) is 3.10. The predicted molar refractivity (Wildman–Crippen MR) is 94.4 cm³/mol. The van der Waals surface area contributed by atoms with Crippen LogP contribution in [0.3, 0.4) is 0 Å². The Labute approximate surface area is 139 Å². The van der Waals surface area contributed by atoms with Gasteiger partial charge in [0.25, 0.3) is 5.91 Å². The van der Waals surface area contributed by atoms with Crippen LogP contribution >= 0.6 is 0 Å². The van der Waals surface area contributed by atoms with Gasteiger partial charge in [0.05, 0.1) is 23.0 Å². The molecule has 0 spiro atoms. The summed E-state index contributed by atoms with van der Waals surface area (Å²) in [4.78, 5) is 16.9. The number of amides is 1. The highest BCUT2D eigenvalue weighted by molar-refractivity contribution is 5.99. The van der Waals surface area contributed by atoms with E-state index >= 15 is 0 Å². The average Bonchev–Trinajstić information content (AvgIpc) is 2.57. The topological polar surface area (TPSA) is 74.6 Å². The normalized spacial score (nSPS) is 11.1. The molecule has 3 rings (SSSR count).